The van der Waals surface area contributed by atoms with E-state index in [0.29, 0.717) is 18.5 Å². The monoisotopic (exact) mass is 196 g/mol. The fourth-order valence-corrected chi connectivity index (χ4v) is 1.23. The lowest BCUT2D eigenvalue weighted by Gasteiger charge is -2.17. The molecule has 0 aliphatic carbocycles. The number of aromatic nitrogens is 1. The highest BCUT2D eigenvalue weighted by Crippen LogP contribution is 2.17. The largest absolute Gasteiger partial charge is 0.390 e. The fourth-order valence-electron chi connectivity index (χ4n) is 1.23. The van der Waals surface area contributed by atoms with Gasteiger partial charge in [0.1, 0.15) is 6.10 Å². The Morgan fingerprint density at radius 2 is 2.00 bits per heavy atom. The van der Waals surface area contributed by atoms with E-state index in [-0.39, 0.29) is 0 Å². The predicted octanol–water partition coefficient (Wildman–Crippen LogP) is 0.0854. The van der Waals surface area contributed by atoms with Crippen LogP contribution in [0.4, 0.5) is 0 Å². The smallest absolute Gasteiger partial charge is 0.105 e. The predicted molar refractivity (Wildman–Crippen MR) is 53.7 cm³/mol. The van der Waals surface area contributed by atoms with Crippen molar-refractivity contribution in [2.45, 2.75) is 18.6 Å². The van der Waals surface area contributed by atoms with Crippen LogP contribution in [0.1, 0.15) is 18.1 Å². The highest BCUT2D eigenvalue weighted by Gasteiger charge is 2.17. The van der Waals surface area contributed by atoms with Gasteiger partial charge in [0, 0.05) is 12.4 Å². The SMILES string of the molecule is CNCCC(O)C(O)c1ccncc1. The third kappa shape index (κ3) is 3.06. The van der Waals surface area contributed by atoms with Gasteiger partial charge in [0.25, 0.3) is 0 Å². The minimum Gasteiger partial charge on any atom is -0.390 e. The Balaban J connectivity index is 2.52. The summed E-state index contributed by atoms with van der Waals surface area (Å²) in [5, 5.41) is 22.2. The summed E-state index contributed by atoms with van der Waals surface area (Å²) in [5.74, 6) is 0. The molecule has 0 saturated heterocycles. The van der Waals surface area contributed by atoms with Gasteiger partial charge >= 0.3 is 0 Å². The lowest BCUT2D eigenvalue weighted by atomic mass is 10.0. The Hall–Kier alpha value is -0.970. The maximum Gasteiger partial charge on any atom is 0.105 e. The molecule has 0 amide bonds. The topological polar surface area (TPSA) is 65.4 Å². The molecule has 1 aromatic heterocycles. The van der Waals surface area contributed by atoms with Crippen LogP contribution < -0.4 is 5.32 Å². The molecule has 4 heteroatoms. The Labute approximate surface area is 83.6 Å². The van der Waals surface area contributed by atoms with Crippen LogP contribution in [0.25, 0.3) is 0 Å². The summed E-state index contributed by atoms with van der Waals surface area (Å²) in [6.07, 6.45) is 2.17. The van der Waals surface area contributed by atoms with Crippen molar-refractivity contribution in [2.75, 3.05) is 13.6 Å². The van der Waals surface area contributed by atoms with E-state index in [0.717, 1.165) is 0 Å². The van der Waals surface area contributed by atoms with Crippen molar-refractivity contribution in [2.24, 2.45) is 0 Å². The molecule has 0 saturated carbocycles. The molecule has 1 heterocycles. The molecule has 2 unspecified atom stereocenters. The number of aliphatic hydroxyl groups is 2. The van der Waals surface area contributed by atoms with Crippen molar-refractivity contribution < 1.29 is 10.2 Å². The number of hydrogen-bond donors (Lipinski definition) is 3. The summed E-state index contributed by atoms with van der Waals surface area (Å²) in [4.78, 5) is 3.84. The van der Waals surface area contributed by atoms with Crippen molar-refractivity contribution in [1.29, 1.82) is 0 Å². The van der Waals surface area contributed by atoms with Gasteiger partial charge in [0.05, 0.1) is 6.10 Å². The highest BCUT2D eigenvalue weighted by molar-refractivity contribution is 5.14. The zero-order valence-electron chi connectivity index (χ0n) is 8.22. The molecular weight excluding hydrogens is 180 g/mol. The molecule has 0 aromatic carbocycles. The maximum absolute atomic E-state index is 9.71. The first-order chi connectivity index (χ1) is 6.75. The zero-order valence-corrected chi connectivity index (χ0v) is 8.22. The van der Waals surface area contributed by atoms with Gasteiger partial charge in [-0.15, -0.1) is 0 Å². The molecule has 3 N–H and O–H groups in total. The first-order valence-corrected chi connectivity index (χ1v) is 4.66. The first kappa shape index (κ1) is 11.1. The molecule has 0 fully saturated rings. The minimum absolute atomic E-state index is 0.528. The average molecular weight is 196 g/mol. The summed E-state index contributed by atoms with van der Waals surface area (Å²) >= 11 is 0. The molecule has 0 bridgehead atoms. The standard InChI is InChI=1S/C10H16N2O2/c1-11-5-4-9(13)10(14)8-2-6-12-7-3-8/h2-3,6-7,9-11,13-14H,4-5H2,1H3. The molecular formula is C10H16N2O2. The van der Waals surface area contributed by atoms with Crippen LogP contribution in [-0.4, -0.2) is 34.9 Å². The number of aliphatic hydroxyl groups excluding tert-OH is 2. The molecule has 0 spiro atoms. The molecule has 4 nitrogen and oxygen atoms in total. The van der Waals surface area contributed by atoms with Crippen LogP contribution in [0, 0.1) is 0 Å². The van der Waals surface area contributed by atoms with E-state index in [1.807, 2.05) is 7.05 Å². The Morgan fingerprint density at radius 1 is 1.36 bits per heavy atom. The van der Waals surface area contributed by atoms with Gasteiger partial charge in [-0.25, -0.2) is 0 Å². The van der Waals surface area contributed by atoms with Gasteiger partial charge in [-0.2, -0.15) is 0 Å². The van der Waals surface area contributed by atoms with Gasteiger partial charge in [-0.3, -0.25) is 4.98 Å². The van der Waals surface area contributed by atoms with Crippen LogP contribution in [0.3, 0.4) is 0 Å². The number of nitrogens with zero attached hydrogens (tertiary/aromatic N) is 1. The molecule has 78 valence electrons. The van der Waals surface area contributed by atoms with Crippen molar-refractivity contribution >= 4 is 0 Å². The molecule has 14 heavy (non-hydrogen) atoms. The second-order valence-corrected chi connectivity index (χ2v) is 3.18. The van der Waals surface area contributed by atoms with Gasteiger partial charge in [-0.05, 0) is 37.7 Å². The summed E-state index contributed by atoms with van der Waals surface area (Å²) in [6, 6.07) is 3.40. The molecule has 1 rings (SSSR count). The number of hydrogen-bond acceptors (Lipinski definition) is 4. The van der Waals surface area contributed by atoms with Crippen molar-refractivity contribution in [3.63, 3.8) is 0 Å². The third-order valence-corrected chi connectivity index (χ3v) is 2.10. The van der Waals surface area contributed by atoms with Gasteiger partial charge in [0.2, 0.25) is 0 Å². The quantitative estimate of drug-likeness (QED) is 0.624. The summed E-state index contributed by atoms with van der Waals surface area (Å²) in [6.45, 7) is 0.684. The first-order valence-electron chi connectivity index (χ1n) is 4.66. The van der Waals surface area contributed by atoms with E-state index in [1.165, 1.54) is 0 Å². The molecule has 2 atom stereocenters. The molecule has 0 aliphatic rings. The lowest BCUT2D eigenvalue weighted by molar-refractivity contribution is 0.0140. The second kappa shape index (κ2) is 5.70. The Bertz CT molecular complexity index is 254. The van der Waals surface area contributed by atoms with Gasteiger partial charge in [-0.1, -0.05) is 0 Å². The van der Waals surface area contributed by atoms with E-state index in [2.05, 4.69) is 10.3 Å². The van der Waals surface area contributed by atoms with Crippen LogP contribution in [0.15, 0.2) is 24.5 Å². The van der Waals surface area contributed by atoms with Crippen molar-refractivity contribution in [3.05, 3.63) is 30.1 Å². The molecule has 0 radical (unpaired) electrons. The summed E-state index contributed by atoms with van der Waals surface area (Å²) in [7, 11) is 1.81. The van der Waals surface area contributed by atoms with E-state index < -0.39 is 12.2 Å². The summed E-state index contributed by atoms with van der Waals surface area (Å²) < 4.78 is 0. The van der Waals surface area contributed by atoms with Crippen molar-refractivity contribution in [3.8, 4) is 0 Å². The number of pyridine rings is 1. The number of nitrogens with one attached hydrogen (secondary N) is 1. The molecule has 1 aromatic rings. The second-order valence-electron chi connectivity index (χ2n) is 3.18. The fraction of sp³-hybridized carbons (Fsp3) is 0.500. The van der Waals surface area contributed by atoms with Crippen LogP contribution in [0.2, 0.25) is 0 Å². The van der Waals surface area contributed by atoms with E-state index in [4.69, 9.17) is 0 Å². The molecule has 0 aliphatic heterocycles. The van der Waals surface area contributed by atoms with E-state index in [1.54, 1.807) is 24.5 Å². The number of rotatable bonds is 5. The lowest BCUT2D eigenvalue weighted by Crippen LogP contribution is -2.23. The van der Waals surface area contributed by atoms with Crippen LogP contribution >= 0.6 is 0 Å². The van der Waals surface area contributed by atoms with E-state index >= 15 is 0 Å². The van der Waals surface area contributed by atoms with Gasteiger partial charge in [0.15, 0.2) is 0 Å². The maximum atomic E-state index is 9.71. The highest BCUT2D eigenvalue weighted by atomic mass is 16.3. The van der Waals surface area contributed by atoms with E-state index in [9.17, 15) is 10.2 Å². The summed E-state index contributed by atoms with van der Waals surface area (Å²) in [5.41, 5.74) is 0.698. The Morgan fingerprint density at radius 3 is 2.57 bits per heavy atom. The van der Waals surface area contributed by atoms with Crippen molar-refractivity contribution in [1.82, 2.24) is 10.3 Å². The van der Waals surface area contributed by atoms with Gasteiger partial charge < -0.3 is 15.5 Å². The minimum atomic E-state index is -0.827. The van der Waals surface area contributed by atoms with Crippen LogP contribution in [0.5, 0.6) is 0 Å². The average Bonchev–Trinajstić information content (AvgIpc) is 2.26. The van der Waals surface area contributed by atoms with Crippen LogP contribution in [-0.2, 0) is 0 Å². The Kier molecular flexibility index (Phi) is 4.52. The zero-order chi connectivity index (χ0) is 10.4. The normalized spacial score (nSPS) is 15.1. The third-order valence-electron chi connectivity index (χ3n) is 2.10.